The van der Waals surface area contributed by atoms with Crippen molar-refractivity contribution in [1.29, 1.82) is 0 Å². The van der Waals surface area contributed by atoms with Gasteiger partial charge in [-0.3, -0.25) is 48.3 Å². The van der Waals surface area contributed by atoms with Crippen molar-refractivity contribution in [1.82, 2.24) is 42.5 Å². The number of guanidine groups is 2. The van der Waals surface area contributed by atoms with Crippen LogP contribution >= 0.6 is 0 Å². The maximum atomic E-state index is 14.2. The van der Waals surface area contributed by atoms with Crippen LogP contribution in [0.4, 0.5) is 0 Å². The molecule has 67 heavy (non-hydrogen) atoms. The van der Waals surface area contributed by atoms with Crippen LogP contribution < -0.4 is 71.2 Å². The van der Waals surface area contributed by atoms with E-state index in [0.29, 0.717) is 37.9 Å². The number of carboxylic acids is 1. The maximum Gasteiger partial charge on any atom is 0.322 e. The molecule has 2 rings (SSSR count). The standard InChI is InChI=1S/C43H73N15O9/c1-25(2)22-32(41(67)58-33(36(62)52-24-34(59)60)23-27-12-5-4-6-13-27)57-40(66)31(17-11-21-51-43(47)48)56-39(65)30(16-10-20-50-42(45)46)55-38(64)29(14-7-8-18-44)54-35(61)26(3)53-37(63)28-15-9-19-49-28/h4-6,12-13,25-26,28-33,49H,7-11,14-24,44H2,1-3H3,(H,52,62)(H,53,63)(H,54,61)(H,55,64)(H,56,65)(H,57,66)(H,58,67)(H,59,60)(H4,45,46,50)(H4,47,48,51)/t26-,28-,29-,30-,31-,32-,33-/m0/s1. The highest BCUT2D eigenvalue weighted by atomic mass is 16.4. The average molecular weight is 944 g/mol. The molecule has 1 saturated heterocycles. The molecule has 24 heteroatoms. The van der Waals surface area contributed by atoms with Crippen LogP contribution in [-0.4, -0.2) is 139 Å². The molecule has 0 spiro atoms. The Bertz CT molecular complexity index is 1840. The Balaban J connectivity index is 2.41. The van der Waals surface area contributed by atoms with Gasteiger partial charge >= 0.3 is 5.97 Å². The van der Waals surface area contributed by atoms with Crippen molar-refractivity contribution < 1.29 is 43.5 Å². The number of nitrogens with two attached hydrogens (primary N) is 5. The molecule has 1 aliphatic rings. The van der Waals surface area contributed by atoms with Crippen molar-refractivity contribution in [2.45, 2.75) is 134 Å². The molecule has 7 atom stereocenters. The lowest BCUT2D eigenvalue weighted by atomic mass is 10.00. The Morgan fingerprint density at radius 2 is 1.15 bits per heavy atom. The number of hydrogen-bond donors (Lipinski definition) is 14. The lowest BCUT2D eigenvalue weighted by Crippen LogP contribution is -2.60. The van der Waals surface area contributed by atoms with Crippen molar-refractivity contribution in [3.8, 4) is 0 Å². The van der Waals surface area contributed by atoms with Crippen LogP contribution in [0.25, 0.3) is 0 Å². The summed E-state index contributed by atoms with van der Waals surface area (Å²) in [6.07, 6.45) is 2.97. The molecular weight excluding hydrogens is 871 g/mol. The van der Waals surface area contributed by atoms with Gasteiger partial charge in [0.05, 0.1) is 6.04 Å². The van der Waals surface area contributed by atoms with Crippen molar-refractivity contribution in [3.05, 3.63) is 35.9 Å². The minimum atomic E-state index is -1.32. The lowest BCUT2D eigenvalue weighted by Gasteiger charge is -2.28. The van der Waals surface area contributed by atoms with Crippen LogP contribution in [0.2, 0.25) is 0 Å². The average Bonchev–Trinajstić information content (AvgIpc) is 3.82. The first-order chi connectivity index (χ1) is 31.8. The minimum absolute atomic E-state index is 0.00538. The van der Waals surface area contributed by atoms with Crippen molar-refractivity contribution in [2.24, 2.45) is 44.6 Å². The number of carboxylic acid groups (broad SMARTS) is 1. The van der Waals surface area contributed by atoms with E-state index in [2.05, 4.69) is 52.5 Å². The van der Waals surface area contributed by atoms with Gasteiger partial charge in [-0.2, -0.15) is 0 Å². The van der Waals surface area contributed by atoms with Crippen LogP contribution in [-0.2, 0) is 44.8 Å². The SMILES string of the molecule is CC(C)C[C@H](NC(=O)[C@H](CCCN=C(N)N)NC(=O)[C@H](CCCN=C(N)N)NC(=O)[C@H](CCCCN)NC(=O)[C@H](C)NC(=O)[C@@H]1CCCN1)C(=O)N[C@@H](Cc1ccccc1)C(=O)NCC(=O)O. The summed E-state index contributed by atoms with van der Waals surface area (Å²) in [6, 6.07) is 1.07. The topological polar surface area (TPSA) is 408 Å². The summed E-state index contributed by atoms with van der Waals surface area (Å²) in [5.41, 5.74) is 28.4. The Morgan fingerprint density at radius 3 is 1.63 bits per heavy atom. The first kappa shape index (κ1) is 56.6. The van der Waals surface area contributed by atoms with E-state index in [0.717, 1.165) is 6.42 Å². The molecule has 1 heterocycles. The second-order valence-corrected chi connectivity index (χ2v) is 16.8. The summed E-state index contributed by atoms with van der Waals surface area (Å²) < 4.78 is 0. The summed E-state index contributed by atoms with van der Waals surface area (Å²) in [5.74, 6) is -6.60. The molecule has 7 amide bonds. The van der Waals surface area contributed by atoms with Gasteiger partial charge in [-0.1, -0.05) is 44.2 Å². The number of amides is 7. The molecule has 0 radical (unpaired) electrons. The van der Waals surface area contributed by atoms with Gasteiger partial charge in [-0.25, -0.2) is 0 Å². The predicted octanol–water partition coefficient (Wildman–Crippen LogP) is -3.61. The Hall–Kier alpha value is -6.56. The molecule has 1 fully saturated rings. The normalized spacial score (nSPS) is 15.8. The largest absolute Gasteiger partial charge is 0.480 e. The zero-order valence-corrected chi connectivity index (χ0v) is 38.8. The third-order valence-corrected chi connectivity index (χ3v) is 10.5. The molecule has 374 valence electrons. The van der Waals surface area contributed by atoms with E-state index in [-0.39, 0.29) is 81.8 Å². The predicted molar refractivity (Wildman–Crippen MR) is 251 cm³/mol. The van der Waals surface area contributed by atoms with Crippen LogP contribution in [0, 0.1) is 5.92 Å². The fourth-order valence-corrected chi connectivity index (χ4v) is 7.03. The van der Waals surface area contributed by atoms with Crippen LogP contribution in [0.5, 0.6) is 0 Å². The number of carbonyl (C=O) groups excluding carboxylic acids is 7. The number of benzene rings is 1. The van der Waals surface area contributed by atoms with Gasteiger partial charge in [0.25, 0.3) is 0 Å². The van der Waals surface area contributed by atoms with E-state index >= 15 is 0 Å². The van der Waals surface area contributed by atoms with E-state index in [1.54, 1.807) is 30.3 Å². The fraction of sp³-hybridized carbons (Fsp3) is 0.628. The van der Waals surface area contributed by atoms with Gasteiger partial charge in [0.2, 0.25) is 41.4 Å². The van der Waals surface area contributed by atoms with Crippen LogP contribution in [0.15, 0.2) is 40.3 Å². The summed E-state index contributed by atoms with van der Waals surface area (Å²) >= 11 is 0. The molecule has 1 aromatic rings. The molecular formula is C43H73N15O9. The van der Waals surface area contributed by atoms with Crippen molar-refractivity contribution >= 4 is 59.2 Å². The number of nitrogens with zero attached hydrogens (tertiary/aromatic N) is 2. The van der Waals surface area contributed by atoms with Gasteiger partial charge in [-0.15, -0.1) is 0 Å². The molecule has 0 bridgehead atoms. The van der Waals surface area contributed by atoms with E-state index < -0.39 is 90.3 Å². The number of aliphatic imine (C=N–C) groups is 2. The van der Waals surface area contributed by atoms with E-state index in [1.165, 1.54) is 6.92 Å². The number of rotatable bonds is 31. The number of nitrogens with one attached hydrogen (secondary N) is 8. The highest BCUT2D eigenvalue weighted by Crippen LogP contribution is 2.12. The number of aliphatic carboxylic acids is 1. The highest BCUT2D eigenvalue weighted by molar-refractivity contribution is 5.97. The Kier molecular flexibility index (Phi) is 25.8. The van der Waals surface area contributed by atoms with Crippen LogP contribution in [0.1, 0.15) is 90.5 Å². The molecule has 19 N–H and O–H groups in total. The Labute approximate surface area is 391 Å². The molecule has 1 aromatic carbocycles. The molecule has 1 aliphatic heterocycles. The molecule has 0 aromatic heterocycles. The quantitative estimate of drug-likeness (QED) is 0.0194. The van der Waals surface area contributed by atoms with Crippen LogP contribution in [0.3, 0.4) is 0 Å². The second-order valence-electron chi connectivity index (χ2n) is 16.8. The smallest absolute Gasteiger partial charge is 0.322 e. The monoisotopic (exact) mass is 944 g/mol. The van der Waals surface area contributed by atoms with E-state index in [4.69, 9.17) is 28.7 Å². The number of hydrogen-bond acceptors (Lipinski definition) is 12. The second kappa shape index (κ2) is 30.6. The summed E-state index contributed by atoms with van der Waals surface area (Å²) in [7, 11) is 0. The zero-order valence-electron chi connectivity index (χ0n) is 38.8. The highest BCUT2D eigenvalue weighted by Gasteiger charge is 2.34. The summed E-state index contributed by atoms with van der Waals surface area (Å²) in [6.45, 7) is 5.58. The molecule has 0 saturated carbocycles. The lowest BCUT2D eigenvalue weighted by molar-refractivity contribution is -0.138. The summed E-state index contributed by atoms with van der Waals surface area (Å²) in [4.78, 5) is 115. The first-order valence-electron chi connectivity index (χ1n) is 22.7. The third-order valence-electron chi connectivity index (χ3n) is 10.5. The Morgan fingerprint density at radius 1 is 0.657 bits per heavy atom. The van der Waals surface area contributed by atoms with E-state index in [9.17, 15) is 43.5 Å². The van der Waals surface area contributed by atoms with E-state index in [1.807, 2.05) is 13.8 Å². The van der Waals surface area contributed by atoms with Gasteiger partial charge in [0, 0.05) is 19.5 Å². The fourth-order valence-electron chi connectivity index (χ4n) is 7.03. The first-order valence-corrected chi connectivity index (χ1v) is 22.7. The number of carbonyl (C=O) groups is 8. The maximum absolute atomic E-state index is 14.2. The van der Waals surface area contributed by atoms with Gasteiger partial charge in [0.15, 0.2) is 11.9 Å². The molecule has 0 aliphatic carbocycles. The zero-order chi connectivity index (χ0) is 49.9. The number of unbranched alkanes of at least 4 members (excludes halogenated alkanes) is 1. The minimum Gasteiger partial charge on any atom is -0.480 e. The third kappa shape index (κ3) is 23.0. The van der Waals surface area contributed by atoms with Gasteiger partial charge in [-0.05, 0) is 95.7 Å². The summed E-state index contributed by atoms with van der Waals surface area (Å²) in [5, 5.41) is 30.7. The van der Waals surface area contributed by atoms with Gasteiger partial charge < -0.3 is 76.3 Å². The van der Waals surface area contributed by atoms with Gasteiger partial charge in [0.1, 0.15) is 42.8 Å². The molecule has 24 nitrogen and oxygen atoms in total. The van der Waals surface area contributed by atoms with Crippen molar-refractivity contribution in [2.75, 3.05) is 32.7 Å². The molecule has 0 unspecified atom stereocenters. The van der Waals surface area contributed by atoms with Crippen molar-refractivity contribution in [3.63, 3.8) is 0 Å².